The molecule has 0 aliphatic carbocycles. The van der Waals surface area contributed by atoms with Gasteiger partial charge in [0.2, 0.25) is 0 Å². The molecule has 2 fully saturated rings. The molecule has 1 unspecified atom stereocenters. The van der Waals surface area contributed by atoms with Gasteiger partial charge in [0.05, 0.1) is 6.07 Å². The molecule has 2 saturated heterocycles. The standard InChI is InChI=1S/C13H17N5/c14-6-13(11-7-15-10-16-8-11)18-5-4-17-3-1-2-12(17)9-18/h7-8,10,12-13H,1-5,9H2/t12-,13?/m1/s1. The fourth-order valence-corrected chi connectivity index (χ4v) is 3.07. The summed E-state index contributed by atoms with van der Waals surface area (Å²) in [5.41, 5.74) is 0.909. The van der Waals surface area contributed by atoms with Gasteiger partial charge in [0.1, 0.15) is 12.4 Å². The molecule has 0 amide bonds. The number of nitriles is 1. The van der Waals surface area contributed by atoms with Gasteiger partial charge in [-0.25, -0.2) is 9.97 Å². The molecule has 0 saturated carbocycles. The molecule has 0 aromatic carbocycles. The Bertz CT molecular complexity index is 440. The summed E-state index contributed by atoms with van der Waals surface area (Å²) < 4.78 is 0. The van der Waals surface area contributed by atoms with Crippen molar-refractivity contribution < 1.29 is 0 Å². The molecular formula is C13H17N5. The number of nitrogens with zero attached hydrogens (tertiary/aromatic N) is 5. The van der Waals surface area contributed by atoms with Crippen LogP contribution in [0.5, 0.6) is 0 Å². The number of aromatic nitrogens is 2. The van der Waals surface area contributed by atoms with Crippen molar-refractivity contribution in [3.05, 3.63) is 24.3 Å². The predicted molar refractivity (Wildman–Crippen MR) is 66.6 cm³/mol. The molecule has 5 heteroatoms. The molecular weight excluding hydrogens is 226 g/mol. The highest BCUT2D eigenvalue weighted by atomic mass is 15.3. The minimum Gasteiger partial charge on any atom is -0.298 e. The lowest BCUT2D eigenvalue weighted by Crippen LogP contribution is -2.50. The van der Waals surface area contributed by atoms with Crippen molar-refractivity contribution in [3.63, 3.8) is 0 Å². The molecule has 0 radical (unpaired) electrons. The topological polar surface area (TPSA) is 56.1 Å². The van der Waals surface area contributed by atoms with Gasteiger partial charge in [0, 0.05) is 43.6 Å². The van der Waals surface area contributed by atoms with Crippen LogP contribution >= 0.6 is 0 Å². The average Bonchev–Trinajstić information content (AvgIpc) is 2.88. The average molecular weight is 243 g/mol. The maximum absolute atomic E-state index is 9.41. The zero-order valence-corrected chi connectivity index (χ0v) is 10.4. The molecule has 3 heterocycles. The second kappa shape index (κ2) is 5.01. The number of piperazine rings is 1. The molecule has 0 N–H and O–H groups in total. The van der Waals surface area contributed by atoms with Crippen LogP contribution in [0.25, 0.3) is 0 Å². The minimum absolute atomic E-state index is 0.200. The lowest BCUT2D eigenvalue weighted by molar-refractivity contribution is 0.0874. The molecule has 0 spiro atoms. The van der Waals surface area contributed by atoms with Gasteiger partial charge in [0.15, 0.2) is 0 Å². The van der Waals surface area contributed by atoms with E-state index in [1.54, 1.807) is 12.4 Å². The Hall–Kier alpha value is -1.51. The van der Waals surface area contributed by atoms with Crippen LogP contribution < -0.4 is 0 Å². The SMILES string of the molecule is N#CC(c1cncnc1)N1CCN2CCC[C@@H]2C1. The van der Waals surface area contributed by atoms with Crippen molar-refractivity contribution in [2.75, 3.05) is 26.2 Å². The van der Waals surface area contributed by atoms with E-state index in [1.165, 1.54) is 25.7 Å². The smallest absolute Gasteiger partial charge is 0.126 e. The molecule has 5 nitrogen and oxygen atoms in total. The molecule has 94 valence electrons. The summed E-state index contributed by atoms with van der Waals surface area (Å²) in [6, 6.07) is 2.83. The molecule has 18 heavy (non-hydrogen) atoms. The summed E-state index contributed by atoms with van der Waals surface area (Å²) in [6.07, 6.45) is 7.57. The van der Waals surface area contributed by atoms with Crippen LogP contribution in [0.4, 0.5) is 0 Å². The Labute approximate surface area is 107 Å². The Kier molecular flexibility index (Phi) is 3.22. The third-order valence-corrected chi connectivity index (χ3v) is 4.00. The van der Waals surface area contributed by atoms with Gasteiger partial charge in [-0.3, -0.25) is 9.80 Å². The van der Waals surface area contributed by atoms with Gasteiger partial charge in [-0.15, -0.1) is 0 Å². The highest BCUT2D eigenvalue weighted by Crippen LogP contribution is 2.27. The van der Waals surface area contributed by atoms with Crippen molar-refractivity contribution in [3.8, 4) is 6.07 Å². The van der Waals surface area contributed by atoms with E-state index >= 15 is 0 Å². The van der Waals surface area contributed by atoms with Crippen LogP contribution in [0.1, 0.15) is 24.4 Å². The minimum atomic E-state index is -0.200. The first-order chi connectivity index (χ1) is 8.88. The lowest BCUT2D eigenvalue weighted by atomic mass is 10.1. The van der Waals surface area contributed by atoms with Crippen molar-refractivity contribution in [1.82, 2.24) is 19.8 Å². The third-order valence-electron chi connectivity index (χ3n) is 4.00. The van der Waals surface area contributed by atoms with Crippen LogP contribution in [0.15, 0.2) is 18.7 Å². The van der Waals surface area contributed by atoms with Crippen LogP contribution in [0.2, 0.25) is 0 Å². The number of hydrogen-bond acceptors (Lipinski definition) is 5. The second-order valence-electron chi connectivity index (χ2n) is 5.03. The summed E-state index contributed by atoms with van der Waals surface area (Å²) in [7, 11) is 0. The van der Waals surface area contributed by atoms with Gasteiger partial charge in [0.25, 0.3) is 0 Å². The van der Waals surface area contributed by atoms with E-state index in [0.29, 0.717) is 6.04 Å². The number of fused-ring (bicyclic) bond motifs is 1. The normalized spacial score (nSPS) is 26.5. The van der Waals surface area contributed by atoms with Gasteiger partial charge >= 0.3 is 0 Å². The summed E-state index contributed by atoms with van der Waals surface area (Å²) in [5, 5.41) is 9.41. The highest BCUT2D eigenvalue weighted by molar-refractivity contribution is 5.18. The quantitative estimate of drug-likeness (QED) is 0.769. The summed E-state index contributed by atoms with van der Waals surface area (Å²) in [6.45, 7) is 4.26. The largest absolute Gasteiger partial charge is 0.298 e. The van der Waals surface area contributed by atoms with Crippen LogP contribution in [-0.4, -0.2) is 52.0 Å². The Morgan fingerprint density at radius 1 is 1.28 bits per heavy atom. The van der Waals surface area contributed by atoms with Crippen molar-refractivity contribution in [2.45, 2.75) is 24.9 Å². The monoisotopic (exact) mass is 243 g/mol. The third kappa shape index (κ3) is 2.09. The first-order valence-electron chi connectivity index (χ1n) is 6.51. The first kappa shape index (κ1) is 11.6. The highest BCUT2D eigenvalue weighted by Gasteiger charge is 2.33. The summed E-state index contributed by atoms with van der Waals surface area (Å²) in [4.78, 5) is 12.8. The maximum atomic E-state index is 9.41. The van der Waals surface area contributed by atoms with E-state index < -0.39 is 0 Å². The summed E-state index contributed by atoms with van der Waals surface area (Å²) >= 11 is 0. The molecule has 1 aromatic heterocycles. The molecule has 0 bridgehead atoms. The van der Waals surface area contributed by atoms with E-state index in [0.717, 1.165) is 25.2 Å². The van der Waals surface area contributed by atoms with Gasteiger partial charge in [-0.05, 0) is 19.4 Å². The molecule has 3 rings (SSSR count). The van der Waals surface area contributed by atoms with E-state index in [2.05, 4.69) is 25.8 Å². The summed E-state index contributed by atoms with van der Waals surface area (Å²) in [5.74, 6) is 0. The zero-order valence-electron chi connectivity index (χ0n) is 10.4. The fourth-order valence-electron chi connectivity index (χ4n) is 3.07. The molecule has 1 aromatic rings. The van der Waals surface area contributed by atoms with Gasteiger partial charge < -0.3 is 0 Å². The lowest BCUT2D eigenvalue weighted by Gasteiger charge is -2.39. The van der Waals surface area contributed by atoms with Crippen molar-refractivity contribution >= 4 is 0 Å². The molecule has 2 atom stereocenters. The Morgan fingerprint density at radius 3 is 2.89 bits per heavy atom. The maximum Gasteiger partial charge on any atom is 0.126 e. The van der Waals surface area contributed by atoms with Crippen LogP contribution in [0.3, 0.4) is 0 Å². The zero-order chi connectivity index (χ0) is 12.4. The number of rotatable bonds is 2. The van der Waals surface area contributed by atoms with Gasteiger partial charge in [-0.1, -0.05) is 0 Å². The fraction of sp³-hybridized carbons (Fsp3) is 0.615. The molecule has 2 aliphatic heterocycles. The van der Waals surface area contributed by atoms with E-state index in [9.17, 15) is 5.26 Å². The number of hydrogen-bond donors (Lipinski definition) is 0. The van der Waals surface area contributed by atoms with E-state index in [1.807, 2.05) is 0 Å². The first-order valence-corrected chi connectivity index (χ1v) is 6.51. The van der Waals surface area contributed by atoms with Gasteiger partial charge in [-0.2, -0.15) is 5.26 Å². The van der Waals surface area contributed by atoms with E-state index in [-0.39, 0.29) is 6.04 Å². The Morgan fingerprint density at radius 2 is 2.11 bits per heavy atom. The molecule has 2 aliphatic rings. The van der Waals surface area contributed by atoms with Crippen LogP contribution in [0, 0.1) is 11.3 Å². The Balaban J connectivity index is 1.75. The van der Waals surface area contributed by atoms with Crippen molar-refractivity contribution in [1.29, 1.82) is 5.26 Å². The second-order valence-corrected chi connectivity index (χ2v) is 5.03. The van der Waals surface area contributed by atoms with E-state index in [4.69, 9.17) is 0 Å². The van der Waals surface area contributed by atoms with Crippen LogP contribution in [-0.2, 0) is 0 Å². The predicted octanol–water partition coefficient (Wildman–Crippen LogP) is 0.821. The van der Waals surface area contributed by atoms with Crippen molar-refractivity contribution in [2.24, 2.45) is 0 Å².